The van der Waals surface area contributed by atoms with Gasteiger partial charge >= 0.3 is 0 Å². The van der Waals surface area contributed by atoms with Crippen molar-refractivity contribution in [2.24, 2.45) is 0 Å². The van der Waals surface area contributed by atoms with E-state index in [0.717, 1.165) is 33.5 Å². The second-order valence-corrected chi connectivity index (χ2v) is 14.1. The molecule has 0 amide bonds. The topological polar surface area (TPSA) is 54.8 Å². The Morgan fingerprint density at radius 1 is 0.766 bits per heavy atom. The number of fused-ring (bicyclic) bond motifs is 4. The number of para-hydroxylation sites is 3. The lowest BCUT2D eigenvalue weighted by molar-refractivity contribution is 0.582. The Bertz CT molecular complexity index is 2330. The summed E-state index contributed by atoms with van der Waals surface area (Å²) in [4.78, 5) is 5.21. The van der Waals surface area contributed by atoms with Crippen molar-refractivity contribution < 1.29 is 8.81 Å². The molecule has 5 aromatic carbocycles. The van der Waals surface area contributed by atoms with Crippen LogP contribution >= 0.6 is 0 Å². The molecule has 0 N–H and O–H groups in total. The summed E-state index contributed by atoms with van der Waals surface area (Å²) in [7, 11) is 0. The molecule has 7 rings (SSSR count). The predicted molar refractivity (Wildman–Crippen MR) is 191 cm³/mol. The number of benzene rings is 5. The third-order valence-electron chi connectivity index (χ3n) is 9.25. The van der Waals surface area contributed by atoms with Gasteiger partial charge in [-0.1, -0.05) is 97.0 Å². The molecule has 0 atom stereocenters. The van der Waals surface area contributed by atoms with Crippen LogP contribution in [0, 0.1) is 17.1 Å². The third kappa shape index (κ3) is 5.00. The van der Waals surface area contributed by atoms with E-state index in [2.05, 4.69) is 95.5 Å². The first-order valence-electron chi connectivity index (χ1n) is 16.3. The average Bonchev–Trinajstić information content (AvgIpc) is 3.63. The van der Waals surface area contributed by atoms with Crippen LogP contribution in [-0.4, -0.2) is 9.55 Å². The van der Waals surface area contributed by atoms with E-state index in [1.165, 1.54) is 33.9 Å². The highest BCUT2D eigenvalue weighted by atomic mass is 19.1. The van der Waals surface area contributed by atoms with Crippen molar-refractivity contribution in [1.29, 1.82) is 5.26 Å². The normalized spacial score (nSPS) is 12.2. The van der Waals surface area contributed by atoms with Gasteiger partial charge in [-0.2, -0.15) is 5.26 Å². The standard InChI is InChI=1S/C42H38FN3O/c1-24(2)33-21-28(26-15-18-29(19-16-26)42(5,6)7)22-34(25(3)4)38(33)46-36-14-9-8-13-35(36)45-41(46)32-12-10-11-30-31-20-17-27(23-44)37(43)40(31)47-39(30)32/h8-22,24-25H,1-7H3. The molecule has 0 radical (unpaired) electrons. The van der Waals surface area contributed by atoms with Crippen molar-refractivity contribution in [3.05, 3.63) is 119 Å². The number of rotatable bonds is 5. The van der Waals surface area contributed by atoms with Gasteiger partial charge in [0.1, 0.15) is 17.5 Å². The number of hydrogen-bond donors (Lipinski definition) is 0. The van der Waals surface area contributed by atoms with Crippen molar-refractivity contribution in [2.45, 2.75) is 65.7 Å². The van der Waals surface area contributed by atoms with E-state index in [0.29, 0.717) is 11.0 Å². The maximum Gasteiger partial charge on any atom is 0.184 e. The fraction of sp³-hybridized carbons (Fsp3) is 0.238. The first kappa shape index (κ1) is 30.4. The van der Waals surface area contributed by atoms with Crippen LogP contribution in [0.4, 0.5) is 4.39 Å². The lowest BCUT2D eigenvalue weighted by Crippen LogP contribution is -2.11. The minimum absolute atomic E-state index is 0.0402. The molecule has 0 bridgehead atoms. The second-order valence-electron chi connectivity index (χ2n) is 14.1. The van der Waals surface area contributed by atoms with Crippen molar-refractivity contribution in [1.82, 2.24) is 9.55 Å². The average molecular weight is 620 g/mol. The molecule has 47 heavy (non-hydrogen) atoms. The van der Waals surface area contributed by atoms with Crippen LogP contribution in [0.15, 0.2) is 95.4 Å². The van der Waals surface area contributed by atoms with E-state index in [1.54, 1.807) is 6.07 Å². The van der Waals surface area contributed by atoms with Gasteiger partial charge in [0.25, 0.3) is 0 Å². The summed E-state index contributed by atoms with van der Waals surface area (Å²) in [5.74, 6) is 0.510. The molecule has 0 saturated heterocycles. The fourth-order valence-corrected chi connectivity index (χ4v) is 6.67. The van der Waals surface area contributed by atoms with Crippen LogP contribution in [0.25, 0.3) is 61.2 Å². The van der Waals surface area contributed by atoms with Crippen molar-refractivity contribution >= 4 is 33.0 Å². The number of nitrogens with zero attached hydrogens (tertiary/aromatic N) is 3. The van der Waals surface area contributed by atoms with Gasteiger partial charge in [-0.25, -0.2) is 9.37 Å². The fourth-order valence-electron chi connectivity index (χ4n) is 6.67. The Hall–Kier alpha value is -5.21. The molecule has 7 aromatic rings. The first-order valence-corrected chi connectivity index (χ1v) is 16.3. The molecule has 234 valence electrons. The Morgan fingerprint density at radius 2 is 1.43 bits per heavy atom. The molecule has 0 aliphatic rings. The van der Waals surface area contributed by atoms with Crippen LogP contribution in [-0.2, 0) is 5.41 Å². The maximum absolute atomic E-state index is 15.4. The van der Waals surface area contributed by atoms with Gasteiger partial charge in [0.05, 0.1) is 27.8 Å². The zero-order valence-corrected chi connectivity index (χ0v) is 27.9. The third-order valence-corrected chi connectivity index (χ3v) is 9.25. The van der Waals surface area contributed by atoms with Crippen LogP contribution in [0.1, 0.15) is 82.6 Å². The summed E-state index contributed by atoms with van der Waals surface area (Å²) in [6.07, 6.45) is 0. The van der Waals surface area contributed by atoms with Gasteiger partial charge in [0, 0.05) is 10.8 Å². The van der Waals surface area contributed by atoms with Crippen molar-refractivity contribution in [3.8, 4) is 34.3 Å². The van der Waals surface area contributed by atoms with Crippen LogP contribution in [0.5, 0.6) is 0 Å². The van der Waals surface area contributed by atoms with Crippen LogP contribution < -0.4 is 0 Å². The van der Waals surface area contributed by atoms with Gasteiger partial charge in [-0.05, 0) is 87.5 Å². The molecule has 0 saturated carbocycles. The van der Waals surface area contributed by atoms with Gasteiger partial charge in [-0.3, -0.25) is 4.57 Å². The molecule has 0 fully saturated rings. The lowest BCUT2D eigenvalue weighted by Gasteiger charge is -2.25. The summed E-state index contributed by atoms with van der Waals surface area (Å²) in [6, 6.07) is 32.9. The number of hydrogen-bond acceptors (Lipinski definition) is 3. The number of imidazole rings is 1. The monoisotopic (exact) mass is 619 g/mol. The quantitative estimate of drug-likeness (QED) is 0.193. The first-order chi connectivity index (χ1) is 22.5. The largest absolute Gasteiger partial charge is 0.452 e. The molecule has 2 aromatic heterocycles. The maximum atomic E-state index is 15.4. The molecule has 2 heterocycles. The van der Waals surface area contributed by atoms with Crippen LogP contribution in [0.3, 0.4) is 0 Å². The summed E-state index contributed by atoms with van der Waals surface area (Å²) in [5, 5.41) is 10.9. The zero-order valence-electron chi connectivity index (χ0n) is 27.9. The molecule has 0 unspecified atom stereocenters. The Kier molecular flexibility index (Phi) is 7.28. The molecule has 0 aliphatic carbocycles. The van der Waals surface area contributed by atoms with Gasteiger partial charge in [-0.15, -0.1) is 0 Å². The Morgan fingerprint density at radius 3 is 2.06 bits per heavy atom. The van der Waals surface area contributed by atoms with Crippen LogP contribution in [0.2, 0.25) is 0 Å². The Balaban J connectivity index is 1.53. The number of halogens is 1. The highest BCUT2D eigenvalue weighted by Gasteiger charge is 2.26. The van der Waals surface area contributed by atoms with E-state index in [1.807, 2.05) is 42.5 Å². The van der Waals surface area contributed by atoms with Gasteiger partial charge in [0.15, 0.2) is 11.4 Å². The molecular weight excluding hydrogens is 581 g/mol. The Labute approximate surface area is 275 Å². The molecule has 4 nitrogen and oxygen atoms in total. The number of furan rings is 1. The van der Waals surface area contributed by atoms with Crippen molar-refractivity contribution in [3.63, 3.8) is 0 Å². The minimum Gasteiger partial charge on any atom is -0.452 e. The van der Waals surface area contributed by atoms with E-state index in [4.69, 9.17) is 9.40 Å². The zero-order chi connectivity index (χ0) is 33.2. The van der Waals surface area contributed by atoms with Gasteiger partial charge < -0.3 is 4.42 Å². The summed E-state index contributed by atoms with van der Waals surface area (Å²) in [6.45, 7) is 15.7. The highest BCUT2D eigenvalue weighted by Crippen LogP contribution is 2.43. The summed E-state index contributed by atoms with van der Waals surface area (Å²) < 4.78 is 23.9. The van der Waals surface area contributed by atoms with Crippen molar-refractivity contribution in [2.75, 3.05) is 0 Å². The second kappa shape index (κ2) is 11.2. The number of nitriles is 1. The highest BCUT2D eigenvalue weighted by molar-refractivity contribution is 6.10. The SMILES string of the molecule is CC(C)c1cc(-c2ccc(C(C)(C)C)cc2)cc(C(C)C)c1-n1c(-c2cccc3c2oc2c(F)c(C#N)ccc23)nc2ccccc21. The molecule has 0 spiro atoms. The van der Waals surface area contributed by atoms with Gasteiger partial charge in [0.2, 0.25) is 0 Å². The minimum atomic E-state index is -0.643. The van der Waals surface area contributed by atoms with E-state index >= 15 is 4.39 Å². The van der Waals surface area contributed by atoms with E-state index < -0.39 is 5.82 Å². The smallest absolute Gasteiger partial charge is 0.184 e. The predicted octanol–water partition coefficient (Wildman–Crippen LogP) is 11.8. The van der Waals surface area contributed by atoms with E-state index in [-0.39, 0.29) is 28.4 Å². The van der Waals surface area contributed by atoms with E-state index in [9.17, 15) is 5.26 Å². The summed E-state index contributed by atoms with van der Waals surface area (Å²) in [5.41, 5.74) is 10.5. The summed E-state index contributed by atoms with van der Waals surface area (Å²) >= 11 is 0. The number of aromatic nitrogens is 2. The molecule has 5 heteroatoms. The molecular formula is C42H38FN3O. The molecule has 0 aliphatic heterocycles. The lowest BCUT2D eigenvalue weighted by atomic mass is 9.85.